The fourth-order valence-corrected chi connectivity index (χ4v) is 4.19. The molecule has 0 N–H and O–H groups in total. The zero-order valence-corrected chi connectivity index (χ0v) is 15.0. The van der Waals surface area contributed by atoms with Crippen LogP contribution in [-0.2, 0) is 0 Å². The highest BCUT2D eigenvalue weighted by molar-refractivity contribution is 14.1. The van der Waals surface area contributed by atoms with Crippen LogP contribution in [0.2, 0.25) is 5.02 Å². The molecule has 0 aliphatic rings. The smallest absolute Gasteiger partial charge is 0.197 e. The van der Waals surface area contributed by atoms with Crippen molar-refractivity contribution < 1.29 is 4.74 Å². The molecule has 0 spiro atoms. The molecule has 0 aliphatic carbocycles. The van der Waals surface area contributed by atoms with Gasteiger partial charge in [0, 0.05) is 13.7 Å². The van der Waals surface area contributed by atoms with E-state index in [1.54, 1.807) is 11.3 Å². The molecular weight excluding hydrogens is 419 g/mol. The van der Waals surface area contributed by atoms with E-state index in [1.165, 1.54) is 0 Å². The quantitative estimate of drug-likeness (QED) is 0.407. The lowest BCUT2D eigenvalue weighted by Gasteiger charge is -2.11. The van der Waals surface area contributed by atoms with Crippen molar-refractivity contribution in [3.05, 3.63) is 49.1 Å². The van der Waals surface area contributed by atoms with Crippen LogP contribution >= 0.6 is 45.5 Å². The van der Waals surface area contributed by atoms with Gasteiger partial charge in [0.25, 0.3) is 0 Å². The van der Waals surface area contributed by atoms with E-state index in [9.17, 15) is 4.79 Å². The first-order valence-electron chi connectivity index (χ1n) is 6.59. The monoisotopic (exact) mass is 430 g/mol. The molecule has 1 aromatic heterocycles. The average Bonchev–Trinajstić information content (AvgIpc) is 2.49. The normalized spacial score (nSPS) is 11.2. The summed E-state index contributed by atoms with van der Waals surface area (Å²) in [5, 5.41) is 1.79. The molecule has 1 heterocycles. The fraction of sp³-hybridized carbons (Fsp3) is 0.188. The van der Waals surface area contributed by atoms with Crippen molar-refractivity contribution in [2.45, 2.75) is 13.3 Å². The molecule has 2 aromatic carbocycles. The Hall–Kier alpha value is -0.850. The number of benzene rings is 2. The molecule has 0 amide bonds. The topological polar surface area (TPSA) is 26.3 Å². The number of fused-ring (bicyclic) bond motifs is 2. The largest absolute Gasteiger partial charge is 0.492 e. The Morgan fingerprint density at radius 2 is 2.10 bits per heavy atom. The minimum Gasteiger partial charge on any atom is -0.492 e. The van der Waals surface area contributed by atoms with E-state index in [0.29, 0.717) is 22.4 Å². The Morgan fingerprint density at radius 3 is 2.86 bits per heavy atom. The molecule has 0 aliphatic heterocycles. The highest BCUT2D eigenvalue weighted by Crippen LogP contribution is 2.38. The Bertz CT molecular complexity index is 889. The second kappa shape index (κ2) is 6.10. The first-order chi connectivity index (χ1) is 10.1. The standard InChI is InChI=1S/C16H12ClIO2S/c1-2-7-20-11-8-10(18)14(17)13-15(19)9-5-3-4-6-12(9)21-16(11)13/h3-6,8H,2,7H2,1H3. The Morgan fingerprint density at radius 1 is 1.33 bits per heavy atom. The SMILES string of the molecule is CCCOc1cc(I)c(Cl)c2c(=O)c3ccccc3sc12. The molecule has 0 atom stereocenters. The van der Waals surface area contributed by atoms with Gasteiger partial charge in [0.1, 0.15) is 5.75 Å². The highest BCUT2D eigenvalue weighted by Gasteiger charge is 2.16. The van der Waals surface area contributed by atoms with Crippen molar-refractivity contribution in [1.29, 1.82) is 0 Å². The fourth-order valence-electron chi connectivity index (χ4n) is 2.20. The lowest BCUT2D eigenvalue weighted by atomic mass is 10.2. The summed E-state index contributed by atoms with van der Waals surface area (Å²) < 4.78 is 8.44. The van der Waals surface area contributed by atoms with E-state index in [-0.39, 0.29) is 5.43 Å². The molecule has 0 fully saturated rings. The van der Waals surface area contributed by atoms with E-state index in [2.05, 4.69) is 29.5 Å². The molecule has 0 saturated heterocycles. The third kappa shape index (κ3) is 2.64. The predicted molar refractivity (Wildman–Crippen MR) is 99.1 cm³/mol. The van der Waals surface area contributed by atoms with E-state index in [4.69, 9.17) is 16.3 Å². The van der Waals surface area contributed by atoms with Gasteiger partial charge in [-0.05, 0) is 47.2 Å². The molecular formula is C16H12ClIO2S. The number of hydrogen-bond acceptors (Lipinski definition) is 3. The van der Waals surface area contributed by atoms with Gasteiger partial charge in [-0.3, -0.25) is 4.79 Å². The van der Waals surface area contributed by atoms with Crippen molar-refractivity contribution in [2.75, 3.05) is 6.61 Å². The molecule has 3 aromatic rings. The van der Waals surface area contributed by atoms with Crippen LogP contribution < -0.4 is 10.2 Å². The maximum Gasteiger partial charge on any atom is 0.197 e. The van der Waals surface area contributed by atoms with Crippen molar-refractivity contribution in [3.8, 4) is 5.75 Å². The summed E-state index contributed by atoms with van der Waals surface area (Å²) in [6.45, 7) is 2.68. The van der Waals surface area contributed by atoms with Gasteiger partial charge in [-0.2, -0.15) is 0 Å². The highest BCUT2D eigenvalue weighted by atomic mass is 127. The summed E-state index contributed by atoms with van der Waals surface area (Å²) >= 11 is 10.1. The zero-order chi connectivity index (χ0) is 15.0. The molecule has 0 unspecified atom stereocenters. The van der Waals surface area contributed by atoms with Crippen molar-refractivity contribution in [1.82, 2.24) is 0 Å². The summed E-state index contributed by atoms with van der Waals surface area (Å²) in [5.74, 6) is 0.744. The molecule has 0 radical (unpaired) electrons. The van der Waals surface area contributed by atoms with E-state index in [1.807, 2.05) is 30.3 Å². The second-order valence-electron chi connectivity index (χ2n) is 4.65. The lowest BCUT2D eigenvalue weighted by molar-refractivity contribution is 0.321. The first-order valence-corrected chi connectivity index (χ1v) is 8.87. The van der Waals surface area contributed by atoms with Gasteiger partial charge < -0.3 is 4.74 Å². The predicted octanol–water partition coefficient (Wildman–Crippen LogP) is 5.46. The summed E-state index contributed by atoms with van der Waals surface area (Å²) in [5.41, 5.74) is -0.0239. The van der Waals surface area contributed by atoms with Crippen LogP contribution in [0.15, 0.2) is 35.1 Å². The maximum atomic E-state index is 12.8. The van der Waals surface area contributed by atoms with Gasteiger partial charge in [0.2, 0.25) is 0 Å². The van der Waals surface area contributed by atoms with Crippen LogP contribution in [0.25, 0.3) is 20.2 Å². The summed E-state index contributed by atoms with van der Waals surface area (Å²) in [4.78, 5) is 12.8. The van der Waals surface area contributed by atoms with Gasteiger partial charge in [0.15, 0.2) is 5.43 Å². The van der Waals surface area contributed by atoms with E-state index >= 15 is 0 Å². The first kappa shape index (κ1) is 15.1. The molecule has 2 nitrogen and oxygen atoms in total. The van der Waals surface area contributed by atoms with Crippen molar-refractivity contribution >= 4 is 65.7 Å². The number of ether oxygens (including phenoxy) is 1. The van der Waals surface area contributed by atoms with Crippen LogP contribution in [0.1, 0.15) is 13.3 Å². The average molecular weight is 431 g/mol. The van der Waals surface area contributed by atoms with Crippen LogP contribution in [-0.4, -0.2) is 6.61 Å². The molecule has 0 bridgehead atoms. The van der Waals surface area contributed by atoms with Crippen LogP contribution in [0.3, 0.4) is 0 Å². The summed E-state index contributed by atoms with van der Waals surface area (Å²) in [6.07, 6.45) is 0.920. The van der Waals surface area contributed by atoms with Crippen molar-refractivity contribution in [2.24, 2.45) is 0 Å². The summed E-state index contributed by atoms with van der Waals surface area (Å²) in [6, 6.07) is 9.52. The van der Waals surface area contributed by atoms with Gasteiger partial charge in [-0.25, -0.2) is 0 Å². The second-order valence-corrected chi connectivity index (χ2v) is 7.24. The maximum absolute atomic E-state index is 12.8. The minimum atomic E-state index is -0.0239. The number of rotatable bonds is 3. The van der Waals surface area contributed by atoms with Gasteiger partial charge in [-0.15, -0.1) is 11.3 Å². The van der Waals surface area contributed by atoms with E-state index in [0.717, 1.165) is 25.1 Å². The van der Waals surface area contributed by atoms with E-state index < -0.39 is 0 Å². The molecule has 21 heavy (non-hydrogen) atoms. The Labute approximate surface area is 144 Å². The Balaban J connectivity index is 2.45. The number of hydrogen-bond donors (Lipinski definition) is 0. The third-order valence-electron chi connectivity index (χ3n) is 3.17. The molecule has 0 saturated carbocycles. The van der Waals surface area contributed by atoms with Gasteiger partial charge >= 0.3 is 0 Å². The lowest BCUT2D eigenvalue weighted by Crippen LogP contribution is -2.04. The molecule has 5 heteroatoms. The van der Waals surface area contributed by atoms with Crippen LogP contribution in [0.5, 0.6) is 5.75 Å². The molecule has 108 valence electrons. The number of halogens is 2. The minimum absolute atomic E-state index is 0.0239. The zero-order valence-electron chi connectivity index (χ0n) is 11.3. The molecule has 3 rings (SSSR count). The van der Waals surface area contributed by atoms with Crippen molar-refractivity contribution in [3.63, 3.8) is 0 Å². The van der Waals surface area contributed by atoms with Crippen LogP contribution in [0.4, 0.5) is 0 Å². The Kier molecular flexibility index (Phi) is 4.38. The van der Waals surface area contributed by atoms with Gasteiger partial charge in [0.05, 0.1) is 21.7 Å². The third-order valence-corrected chi connectivity index (χ3v) is 5.92. The summed E-state index contributed by atoms with van der Waals surface area (Å²) in [7, 11) is 0. The van der Waals surface area contributed by atoms with Gasteiger partial charge in [-0.1, -0.05) is 30.7 Å². The van der Waals surface area contributed by atoms with Crippen LogP contribution in [0, 0.1) is 3.57 Å².